The van der Waals surface area contributed by atoms with Crippen molar-refractivity contribution in [3.8, 4) is 0 Å². The van der Waals surface area contributed by atoms with Crippen molar-refractivity contribution in [2.45, 2.75) is 33.7 Å². The van der Waals surface area contributed by atoms with Crippen LogP contribution in [0.15, 0.2) is 27.5 Å². The second kappa shape index (κ2) is 6.02. The molecule has 112 valence electrons. The maximum atomic E-state index is 12.5. The van der Waals surface area contributed by atoms with Gasteiger partial charge in [0, 0.05) is 21.5 Å². The summed E-state index contributed by atoms with van der Waals surface area (Å²) in [5, 5.41) is 0.609. The monoisotopic (exact) mass is 351 g/mol. The molecule has 1 aromatic heterocycles. The summed E-state index contributed by atoms with van der Waals surface area (Å²) in [6.45, 7) is 7.67. The molecule has 1 heterocycles. The van der Waals surface area contributed by atoms with Crippen molar-refractivity contribution in [2.24, 2.45) is 0 Å². The zero-order valence-corrected chi connectivity index (χ0v) is 14.2. The molecule has 4 nitrogen and oxygen atoms in total. The highest BCUT2D eigenvalue weighted by atomic mass is 79.9. The normalized spacial score (nSPS) is 11.1. The predicted molar refractivity (Wildman–Crippen MR) is 87.0 cm³/mol. The third-order valence-corrected chi connectivity index (χ3v) is 3.88. The van der Waals surface area contributed by atoms with Crippen molar-refractivity contribution in [1.82, 2.24) is 4.57 Å². The van der Waals surface area contributed by atoms with E-state index in [1.165, 1.54) is 0 Å². The van der Waals surface area contributed by atoms with Crippen molar-refractivity contribution in [3.63, 3.8) is 0 Å². The van der Waals surface area contributed by atoms with Crippen LogP contribution in [-0.4, -0.2) is 17.1 Å². The van der Waals surface area contributed by atoms with Gasteiger partial charge in [0.25, 0.3) is 0 Å². The van der Waals surface area contributed by atoms with Crippen LogP contribution in [0.25, 0.3) is 10.9 Å². The van der Waals surface area contributed by atoms with Crippen LogP contribution in [0.2, 0.25) is 0 Å². The first-order valence-electron chi connectivity index (χ1n) is 6.90. The van der Waals surface area contributed by atoms with Crippen LogP contribution >= 0.6 is 15.9 Å². The van der Waals surface area contributed by atoms with E-state index in [0.29, 0.717) is 16.6 Å². The van der Waals surface area contributed by atoms with Gasteiger partial charge in [-0.15, -0.1) is 0 Å². The molecule has 0 saturated heterocycles. The number of ether oxygens (including phenoxy) is 1. The van der Waals surface area contributed by atoms with Crippen LogP contribution in [0.1, 0.15) is 42.9 Å². The predicted octanol–water partition coefficient (Wildman–Crippen LogP) is 3.83. The van der Waals surface area contributed by atoms with E-state index in [2.05, 4.69) is 15.9 Å². The van der Waals surface area contributed by atoms with Gasteiger partial charge in [-0.3, -0.25) is 4.79 Å². The number of hydrogen-bond donors (Lipinski definition) is 0. The first kappa shape index (κ1) is 15.8. The fourth-order valence-corrected chi connectivity index (χ4v) is 2.84. The van der Waals surface area contributed by atoms with E-state index in [-0.39, 0.29) is 18.1 Å². The number of hydrogen-bond acceptors (Lipinski definition) is 3. The molecule has 2 aromatic rings. The smallest absolute Gasteiger partial charge is 0.355 e. The number of aromatic nitrogens is 1. The van der Waals surface area contributed by atoms with Crippen LogP contribution in [-0.2, 0) is 4.74 Å². The molecule has 0 spiro atoms. The number of pyridine rings is 1. The highest BCUT2D eigenvalue weighted by Crippen LogP contribution is 2.24. The quantitative estimate of drug-likeness (QED) is 0.789. The number of nitrogens with zero attached hydrogens (tertiary/aromatic N) is 1. The second-order valence-corrected chi connectivity index (χ2v) is 6.06. The Hall–Kier alpha value is -1.62. The summed E-state index contributed by atoms with van der Waals surface area (Å²) in [6.07, 6.45) is 0. The number of benzene rings is 1. The summed E-state index contributed by atoms with van der Waals surface area (Å²) in [5.41, 5.74) is 1.37. The van der Waals surface area contributed by atoms with E-state index in [9.17, 15) is 9.59 Å². The first-order valence-corrected chi connectivity index (χ1v) is 7.69. The van der Waals surface area contributed by atoms with Gasteiger partial charge >= 0.3 is 5.97 Å². The standard InChI is InChI=1S/C16H18BrNO3/c1-5-21-16(20)14-10(4)15(19)12-7-6-11(17)8-13(12)18(14)9(2)3/h6-9H,5H2,1-4H3. The van der Waals surface area contributed by atoms with E-state index < -0.39 is 5.97 Å². The third-order valence-electron chi connectivity index (χ3n) is 3.39. The Bertz CT molecular complexity index is 762. The summed E-state index contributed by atoms with van der Waals surface area (Å²) in [7, 11) is 0. The Labute approximate surface area is 131 Å². The molecule has 5 heteroatoms. The number of halogens is 1. The van der Waals surface area contributed by atoms with E-state index in [4.69, 9.17) is 4.74 Å². The van der Waals surface area contributed by atoms with E-state index in [1.54, 1.807) is 19.9 Å². The SMILES string of the molecule is CCOC(=O)c1c(C)c(=O)c2ccc(Br)cc2n1C(C)C. The van der Waals surface area contributed by atoms with Crippen molar-refractivity contribution in [3.05, 3.63) is 44.2 Å². The average Bonchev–Trinajstić information content (AvgIpc) is 2.42. The molecule has 0 aliphatic carbocycles. The fourth-order valence-electron chi connectivity index (χ4n) is 2.49. The lowest BCUT2D eigenvalue weighted by molar-refractivity contribution is 0.0510. The Kier molecular flexibility index (Phi) is 4.52. The van der Waals surface area contributed by atoms with Gasteiger partial charge in [0.1, 0.15) is 5.69 Å². The molecule has 0 N–H and O–H groups in total. The lowest BCUT2D eigenvalue weighted by Crippen LogP contribution is -2.24. The minimum atomic E-state index is -0.456. The maximum absolute atomic E-state index is 12.5. The summed E-state index contributed by atoms with van der Waals surface area (Å²) < 4.78 is 7.86. The van der Waals surface area contributed by atoms with E-state index in [1.807, 2.05) is 30.5 Å². The summed E-state index contributed by atoms with van der Waals surface area (Å²) in [5.74, 6) is -0.456. The minimum Gasteiger partial charge on any atom is -0.461 e. The zero-order valence-electron chi connectivity index (χ0n) is 12.6. The van der Waals surface area contributed by atoms with Crippen LogP contribution in [0, 0.1) is 6.92 Å². The maximum Gasteiger partial charge on any atom is 0.355 e. The molecule has 0 fully saturated rings. The summed E-state index contributed by atoms with van der Waals surface area (Å²) in [4.78, 5) is 24.8. The highest BCUT2D eigenvalue weighted by molar-refractivity contribution is 9.10. The summed E-state index contributed by atoms with van der Waals surface area (Å²) in [6, 6.07) is 5.50. The van der Waals surface area contributed by atoms with Gasteiger partial charge in [0.05, 0.1) is 12.1 Å². The van der Waals surface area contributed by atoms with Crippen molar-refractivity contribution in [1.29, 1.82) is 0 Å². The Morgan fingerprint density at radius 1 is 1.38 bits per heavy atom. The van der Waals surface area contributed by atoms with Gasteiger partial charge in [-0.2, -0.15) is 0 Å². The average molecular weight is 352 g/mol. The largest absolute Gasteiger partial charge is 0.461 e. The van der Waals surface area contributed by atoms with Gasteiger partial charge < -0.3 is 9.30 Å². The molecule has 0 atom stereocenters. The molecule has 1 aromatic carbocycles. The molecule has 21 heavy (non-hydrogen) atoms. The van der Waals surface area contributed by atoms with Gasteiger partial charge in [0.15, 0.2) is 5.43 Å². The second-order valence-electron chi connectivity index (χ2n) is 5.15. The molecule has 0 aliphatic rings. The van der Waals surface area contributed by atoms with Crippen molar-refractivity contribution < 1.29 is 9.53 Å². The first-order chi connectivity index (χ1) is 9.88. The number of esters is 1. The van der Waals surface area contributed by atoms with Gasteiger partial charge in [-0.25, -0.2) is 4.79 Å². The number of carbonyl (C=O) groups excluding carboxylic acids is 1. The Balaban J connectivity index is 2.96. The van der Waals surface area contributed by atoms with Crippen LogP contribution in [0.4, 0.5) is 0 Å². The Morgan fingerprint density at radius 3 is 2.62 bits per heavy atom. The molecular weight excluding hydrogens is 334 g/mol. The molecule has 0 unspecified atom stereocenters. The molecule has 0 radical (unpaired) electrons. The van der Waals surface area contributed by atoms with E-state index >= 15 is 0 Å². The zero-order chi connectivity index (χ0) is 15.7. The topological polar surface area (TPSA) is 48.3 Å². The molecule has 0 bridgehead atoms. The van der Waals surface area contributed by atoms with E-state index in [0.717, 1.165) is 9.99 Å². The molecule has 0 aliphatic heterocycles. The van der Waals surface area contributed by atoms with Crippen LogP contribution in [0.5, 0.6) is 0 Å². The molecule has 2 rings (SSSR count). The van der Waals surface area contributed by atoms with Crippen LogP contribution in [0.3, 0.4) is 0 Å². The number of fused-ring (bicyclic) bond motifs is 1. The van der Waals surface area contributed by atoms with Crippen molar-refractivity contribution in [2.75, 3.05) is 6.61 Å². The third kappa shape index (κ3) is 2.75. The summed E-state index contributed by atoms with van der Waals surface area (Å²) >= 11 is 3.42. The molecular formula is C16H18BrNO3. The lowest BCUT2D eigenvalue weighted by Gasteiger charge is -2.21. The minimum absolute atomic E-state index is 0.0282. The van der Waals surface area contributed by atoms with Gasteiger partial charge in [0.2, 0.25) is 0 Å². The van der Waals surface area contributed by atoms with Gasteiger partial charge in [-0.1, -0.05) is 15.9 Å². The van der Waals surface area contributed by atoms with Crippen molar-refractivity contribution >= 4 is 32.8 Å². The lowest BCUT2D eigenvalue weighted by atomic mass is 10.1. The van der Waals surface area contributed by atoms with Gasteiger partial charge in [-0.05, 0) is 45.9 Å². The number of rotatable bonds is 3. The van der Waals surface area contributed by atoms with Crippen LogP contribution < -0.4 is 5.43 Å². The molecule has 0 amide bonds. The fraction of sp³-hybridized carbons (Fsp3) is 0.375. The molecule has 0 saturated carbocycles. The highest BCUT2D eigenvalue weighted by Gasteiger charge is 2.22. The number of carbonyl (C=O) groups is 1. The Morgan fingerprint density at radius 2 is 2.05 bits per heavy atom.